The van der Waals surface area contributed by atoms with E-state index in [9.17, 15) is 9.59 Å². The largest absolute Gasteiger partial charge is 0.376 e. The molecule has 0 radical (unpaired) electrons. The number of hydrogen-bond donors (Lipinski definition) is 1. The Morgan fingerprint density at radius 3 is 3.14 bits per heavy atom. The van der Waals surface area contributed by atoms with Crippen LogP contribution in [0, 0.1) is 0 Å². The van der Waals surface area contributed by atoms with Gasteiger partial charge in [-0.2, -0.15) is 0 Å². The van der Waals surface area contributed by atoms with E-state index in [2.05, 4.69) is 20.8 Å². The summed E-state index contributed by atoms with van der Waals surface area (Å²) in [6.45, 7) is 4.01. The number of imide groups is 1. The van der Waals surface area contributed by atoms with Gasteiger partial charge in [-0.15, -0.1) is 5.10 Å². The maximum atomic E-state index is 12.3. The first-order valence-corrected chi connectivity index (χ1v) is 8.17. The number of hydrogen-bond acceptors (Lipinski definition) is 7. The number of carbonyl (C=O) groups excluding carboxylic acids is 2. The highest BCUT2D eigenvalue weighted by Gasteiger charge is 2.31. The summed E-state index contributed by atoms with van der Waals surface area (Å²) in [6.07, 6.45) is 2.17. The van der Waals surface area contributed by atoms with Crippen LogP contribution in [0.5, 0.6) is 0 Å². The third-order valence-corrected chi connectivity index (χ3v) is 4.71. The summed E-state index contributed by atoms with van der Waals surface area (Å²) in [7, 11) is 0. The summed E-state index contributed by atoms with van der Waals surface area (Å²) >= 11 is 1.26. The zero-order chi connectivity index (χ0) is 15.5. The predicted molar refractivity (Wildman–Crippen MR) is 77.2 cm³/mol. The highest BCUT2D eigenvalue weighted by Crippen LogP contribution is 2.23. The van der Waals surface area contributed by atoms with Gasteiger partial charge in [-0.3, -0.25) is 9.69 Å². The van der Waals surface area contributed by atoms with Crippen LogP contribution in [0.1, 0.15) is 19.8 Å². The van der Waals surface area contributed by atoms with Crippen molar-refractivity contribution in [2.45, 2.75) is 42.8 Å². The molecule has 2 unspecified atom stereocenters. The van der Waals surface area contributed by atoms with E-state index in [1.165, 1.54) is 16.7 Å². The SMILES string of the molecule is CC(Sc1nnnn1CC1CCCO1)C(=O)N1CCNC1=O. The molecule has 120 valence electrons. The van der Waals surface area contributed by atoms with Crippen LogP contribution in [0.4, 0.5) is 4.79 Å². The van der Waals surface area contributed by atoms with E-state index in [0.29, 0.717) is 24.8 Å². The fraction of sp³-hybridized carbons (Fsp3) is 0.750. The van der Waals surface area contributed by atoms with Gasteiger partial charge in [0, 0.05) is 19.7 Å². The van der Waals surface area contributed by atoms with Crippen LogP contribution in [-0.4, -0.2) is 68.1 Å². The molecule has 1 aromatic rings. The van der Waals surface area contributed by atoms with Crippen LogP contribution in [-0.2, 0) is 16.1 Å². The lowest BCUT2D eigenvalue weighted by Crippen LogP contribution is -2.39. The minimum absolute atomic E-state index is 0.123. The number of aromatic nitrogens is 4. The van der Waals surface area contributed by atoms with Crippen molar-refractivity contribution in [3.05, 3.63) is 0 Å². The van der Waals surface area contributed by atoms with Gasteiger partial charge in [0.1, 0.15) is 0 Å². The van der Waals surface area contributed by atoms with Crippen LogP contribution in [0.25, 0.3) is 0 Å². The van der Waals surface area contributed by atoms with E-state index in [0.717, 1.165) is 19.4 Å². The third-order valence-electron chi connectivity index (χ3n) is 3.65. The average molecular weight is 326 g/mol. The average Bonchev–Trinajstić information content (AvgIpc) is 3.22. The number of nitrogens with one attached hydrogen (secondary N) is 1. The number of carbonyl (C=O) groups is 2. The zero-order valence-corrected chi connectivity index (χ0v) is 13.1. The first-order chi connectivity index (χ1) is 10.6. The summed E-state index contributed by atoms with van der Waals surface area (Å²) in [5, 5.41) is 14.3. The molecular weight excluding hydrogens is 308 g/mol. The Bertz CT molecular complexity index is 559. The smallest absolute Gasteiger partial charge is 0.324 e. The molecule has 3 heterocycles. The Morgan fingerprint density at radius 2 is 2.45 bits per heavy atom. The highest BCUT2D eigenvalue weighted by atomic mass is 32.2. The van der Waals surface area contributed by atoms with Gasteiger partial charge in [-0.25, -0.2) is 9.48 Å². The summed E-state index contributed by atoms with van der Waals surface area (Å²) in [4.78, 5) is 25.0. The molecule has 2 aliphatic heterocycles. The molecule has 9 nitrogen and oxygen atoms in total. The first kappa shape index (κ1) is 15.2. The molecule has 0 saturated carbocycles. The lowest BCUT2D eigenvalue weighted by atomic mass is 10.2. The Balaban J connectivity index is 1.61. The van der Waals surface area contributed by atoms with Crippen molar-refractivity contribution in [3.8, 4) is 0 Å². The Hall–Kier alpha value is -1.68. The van der Waals surface area contributed by atoms with Crippen LogP contribution in [0.2, 0.25) is 0 Å². The van der Waals surface area contributed by atoms with Gasteiger partial charge in [0.05, 0.1) is 17.9 Å². The standard InChI is InChI=1S/C12H18N6O3S/c1-8(10(19)17-5-4-13-11(17)20)22-12-14-15-16-18(12)7-9-3-2-6-21-9/h8-9H,2-7H2,1H3,(H,13,20). The van der Waals surface area contributed by atoms with Gasteiger partial charge in [0.25, 0.3) is 0 Å². The Labute approximate surface area is 131 Å². The molecule has 0 bridgehead atoms. The maximum absolute atomic E-state index is 12.3. The molecular formula is C12H18N6O3S. The fourth-order valence-corrected chi connectivity index (χ4v) is 3.35. The number of ether oxygens (including phenoxy) is 1. The molecule has 0 aromatic carbocycles. The molecule has 1 N–H and O–H groups in total. The summed E-state index contributed by atoms with van der Waals surface area (Å²) in [5.41, 5.74) is 0. The molecule has 2 atom stereocenters. The van der Waals surface area contributed by atoms with Crippen LogP contribution in [0.15, 0.2) is 5.16 Å². The second kappa shape index (κ2) is 6.61. The molecule has 3 amide bonds. The number of rotatable bonds is 5. The van der Waals surface area contributed by atoms with Crippen LogP contribution in [0.3, 0.4) is 0 Å². The number of nitrogens with zero attached hydrogens (tertiary/aromatic N) is 5. The van der Waals surface area contributed by atoms with Gasteiger partial charge in [-0.05, 0) is 30.2 Å². The topological polar surface area (TPSA) is 102 Å². The lowest BCUT2D eigenvalue weighted by molar-refractivity contribution is -0.126. The second-order valence-electron chi connectivity index (χ2n) is 5.26. The molecule has 0 spiro atoms. The zero-order valence-electron chi connectivity index (χ0n) is 12.3. The van der Waals surface area contributed by atoms with E-state index in [1.807, 2.05) is 0 Å². The monoisotopic (exact) mass is 326 g/mol. The van der Waals surface area contributed by atoms with E-state index in [-0.39, 0.29) is 18.0 Å². The minimum atomic E-state index is -0.432. The summed E-state index contributed by atoms with van der Waals surface area (Å²) in [5.74, 6) is -0.230. The van der Waals surface area contributed by atoms with Crippen molar-refractivity contribution in [1.82, 2.24) is 30.4 Å². The fourth-order valence-electron chi connectivity index (χ4n) is 2.49. The summed E-state index contributed by atoms with van der Waals surface area (Å²) < 4.78 is 7.24. The molecule has 22 heavy (non-hydrogen) atoms. The van der Waals surface area contributed by atoms with E-state index >= 15 is 0 Å². The molecule has 1 aromatic heterocycles. The van der Waals surface area contributed by atoms with Crippen molar-refractivity contribution in [3.63, 3.8) is 0 Å². The molecule has 10 heteroatoms. The highest BCUT2D eigenvalue weighted by molar-refractivity contribution is 8.00. The molecule has 3 rings (SSSR count). The number of thioether (sulfide) groups is 1. The van der Waals surface area contributed by atoms with Gasteiger partial charge < -0.3 is 10.1 Å². The lowest BCUT2D eigenvalue weighted by Gasteiger charge is -2.17. The second-order valence-corrected chi connectivity index (χ2v) is 6.57. The van der Waals surface area contributed by atoms with Gasteiger partial charge in [0.15, 0.2) is 0 Å². The molecule has 2 fully saturated rings. The molecule has 2 aliphatic rings. The number of amides is 3. The first-order valence-electron chi connectivity index (χ1n) is 7.29. The van der Waals surface area contributed by atoms with Crippen LogP contribution >= 0.6 is 11.8 Å². The van der Waals surface area contributed by atoms with Gasteiger partial charge in [-0.1, -0.05) is 11.8 Å². The maximum Gasteiger partial charge on any atom is 0.324 e. The summed E-state index contributed by atoms with van der Waals surface area (Å²) in [6, 6.07) is -0.337. The third kappa shape index (κ3) is 3.22. The van der Waals surface area contributed by atoms with Crippen molar-refractivity contribution >= 4 is 23.7 Å². The Morgan fingerprint density at radius 1 is 1.59 bits per heavy atom. The van der Waals surface area contributed by atoms with Gasteiger partial charge in [0.2, 0.25) is 11.1 Å². The van der Waals surface area contributed by atoms with Crippen molar-refractivity contribution in [2.75, 3.05) is 19.7 Å². The van der Waals surface area contributed by atoms with Crippen molar-refractivity contribution in [1.29, 1.82) is 0 Å². The van der Waals surface area contributed by atoms with E-state index < -0.39 is 5.25 Å². The normalized spacial score (nSPS) is 22.9. The molecule has 0 aliphatic carbocycles. The minimum Gasteiger partial charge on any atom is -0.376 e. The van der Waals surface area contributed by atoms with Crippen LogP contribution < -0.4 is 5.32 Å². The van der Waals surface area contributed by atoms with Crippen molar-refractivity contribution in [2.24, 2.45) is 0 Å². The number of urea groups is 1. The number of tetrazole rings is 1. The molecule has 2 saturated heterocycles. The quantitative estimate of drug-likeness (QED) is 0.753. The van der Waals surface area contributed by atoms with Gasteiger partial charge >= 0.3 is 6.03 Å². The Kier molecular flexibility index (Phi) is 4.57. The van der Waals surface area contributed by atoms with E-state index in [1.54, 1.807) is 11.6 Å². The van der Waals surface area contributed by atoms with E-state index in [4.69, 9.17) is 4.74 Å². The predicted octanol–water partition coefficient (Wildman–Crippen LogP) is -0.115. The van der Waals surface area contributed by atoms with Crippen molar-refractivity contribution < 1.29 is 14.3 Å².